The van der Waals surface area contributed by atoms with Gasteiger partial charge in [0.25, 0.3) is 5.91 Å². The van der Waals surface area contributed by atoms with E-state index in [4.69, 9.17) is 5.10 Å². The van der Waals surface area contributed by atoms with Gasteiger partial charge in [0.15, 0.2) is 0 Å². The average Bonchev–Trinajstić information content (AvgIpc) is 3.57. The maximum Gasteiger partial charge on any atom is 0.320 e. The molecule has 7 heteroatoms. The molecule has 3 heterocycles. The second-order valence-corrected chi connectivity index (χ2v) is 8.59. The molecule has 0 unspecified atom stereocenters. The summed E-state index contributed by atoms with van der Waals surface area (Å²) in [6.07, 6.45) is 5.70. The number of piperidine rings is 1. The highest BCUT2D eigenvalue weighted by Gasteiger charge is 2.32. The molecule has 2 aliphatic heterocycles. The number of carbonyl (C=O) groups is 2. The first-order chi connectivity index (χ1) is 14.7. The summed E-state index contributed by atoms with van der Waals surface area (Å²) in [6.45, 7) is 4.04. The Morgan fingerprint density at radius 1 is 0.800 bits per heavy atom. The molecule has 30 heavy (non-hydrogen) atoms. The van der Waals surface area contributed by atoms with Gasteiger partial charge in [-0.3, -0.25) is 4.79 Å². The molecule has 1 saturated carbocycles. The van der Waals surface area contributed by atoms with Crippen molar-refractivity contribution in [3.8, 4) is 5.69 Å². The molecule has 7 nitrogen and oxygen atoms in total. The van der Waals surface area contributed by atoms with Crippen LogP contribution in [0.25, 0.3) is 5.69 Å². The third-order valence-corrected chi connectivity index (χ3v) is 6.41. The maximum absolute atomic E-state index is 13.4. The number of aromatic nitrogens is 2. The van der Waals surface area contributed by atoms with E-state index >= 15 is 0 Å². The van der Waals surface area contributed by atoms with Crippen LogP contribution in [0.3, 0.4) is 0 Å². The average molecular weight is 408 g/mol. The molecule has 158 valence electrons. The van der Waals surface area contributed by atoms with Crippen LogP contribution < -0.4 is 0 Å². The van der Waals surface area contributed by atoms with E-state index in [2.05, 4.69) is 0 Å². The van der Waals surface area contributed by atoms with Crippen molar-refractivity contribution in [3.05, 3.63) is 47.8 Å². The van der Waals surface area contributed by atoms with Gasteiger partial charge in [0, 0.05) is 45.2 Å². The quantitative estimate of drug-likeness (QED) is 0.785. The van der Waals surface area contributed by atoms with E-state index in [1.165, 1.54) is 6.42 Å². The number of likely N-dealkylation sites (tertiary alicyclic amines) is 1. The summed E-state index contributed by atoms with van der Waals surface area (Å²) in [7, 11) is 0. The first kappa shape index (κ1) is 19.2. The Morgan fingerprint density at radius 2 is 1.43 bits per heavy atom. The number of benzene rings is 1. The normalized spacial score (nSPS) is 19.8. The van der Waals surface area contributed by atoms with Gasteiger partial charge in [0.05, 0.1) is 11.4 Å². The van der Waals surface area contributed by atoms with Gasteiger partial charge in [-0.25, -0.2) is 9.48 Å². The lowest BCUT2D eigenvalue weighted by molar-refractivity contribution is 0.0624. The fraction of sp³-hybridized carbons (Fsp3) is 0.522. The SMILES string of the molecule is O=C(c1cc(C2CC2)nn1-c1ccccc1)N1CCN(C(=O)N2CCCCC2)CC1. The Bertz CT molecular complexity index is 907. The minimum Gasteiger partial charge on any atom is -0.334 e. The molecule has 1 aromatic heterocycles. The van der Waals surface area contributed by atoms with Crippen LogP contribution in [0.2, 0.25) is 0 Å². The highest BCUT2D eigenvalue weighted by atomic mass is 16.2. The number of hydrogen-bond donors (Lipinski definition) is 0. The standard InChI is InChI=1S/C23H29N5O2/c29-22(25-13-15-27(16-14-25)23(30)26-11-5-2-6-12-26)21-17-20(18-9-10-18)24-28(21)19-7-3-1-4-8-19/h1,3-4,7-8,17-18H,2,5-6,9-16H2. The molecule has 0 N–H and O–H groups in total. The molecule has 0 bridgehead atoms. The lowest BCUT2D eigenvalue weighted by atomic mass is 10.1. The number of para-hydroxylation sites is 1. The molecule has 2 saturated heterocycles. The number of nitrogens with zero attached hydrogens (tertiary/aromatic N) is 5. The summed E-state index contributed by atoms with van der Waals surface area (Å²) in [6, 6.07) is 12.0. The van der Waals surface area contributed by atoms with Gasteiger partial charge in [0.2, 0.25) is 0 Å². The van der Waals surface area contributed by atoms with Crippen LogP contribution in [0.15, 0.2) is 36.4 Å². The van der Waals surface area contributed by atoms with Crippen LogP contribution in [0.1, 0.15) is 54.2 Å². The van der Waals surface area contributed by atoms with Crippen molar-refractivity contribution in [3.63, 3.8) is 0 Å². The maximum atomic E-state index is 13.4. The Hall–Kier alpha value is -2.83. The topological polar surface area (TPSA) is 61.7 Å². The minimum atomic E-state index is 0.00308. The highest BCUT2D eigenvalue weighted by Crippen LogP contribution is 2.40. The van der Waals surface area contributed by atoms with Crippen molar-refractivity contribution in [2.24, 2.45) is 0 Å². The number of carbonyl (C=O) groups excluding carboxylic acids is 2. The second-order valence-electron chi connectivity index (χ2n) is 8.59. The van der Waals surface area contributed by atoms with Crippen LogP contribution in [-0.2, 0) is 0 Å². The van der Waals surface area contributed by atoms with Gasteiger partial charge in [0.1, 0.15) is 5.69 Å². The van der Waals surface area contributed by atoms with Crippen LogP contribution in [0.5, 0.6) is 0 Å². The molecule has 0 radical (unpaired) electrons. The fourth-order valence-electron chi connectivity index (χ4n) is 4.44. The van der Waals surface area contributed by atoms with Crippen molar-refractivity contribution < 1.29 is 9.59 Å². The minimum absolute atomic E-state index is 0.00308. The molecular weight excluding hydrogens is 378 g/mol. The zero-order valence-electron chi connectivity index (χ0n) is 17.4. The van der Waals surface area contributed by atoms with Gasteiger partial charge in [-0.1, -0.05) is 18.2 Å². The van der Waals surface area contributed by atoms with E-state index in [1.54, 1.807) is 4.68 Å². The molecule has 3 amide bonds. The van der Waals surface area contributed by atoms with Crippen LogP contribution in [0.4, 0.5) is 4.79 Å². The van der Waals surface area contributed by atoms with E-state index in [0.29, 0.717) is 37.8 Å². The molecule has 3 fully saturated rings. The summed E-state index contributed by atoms with van der Waals surface area (Å²) < 4.78 is 1.79. The van der Waals surface area contributed by atoms with Gasteiger partial charge < -0.3 is 14.7 Å². The summed E-state index contributed by atoms with van der Waals surface area (Å²) in [5.74, 6) is 0.490. The number of rotatable bonds is 3. The number of urea groups is 1. The molecule has 0 spiro atoms. The first-order valence-electron chi connectivity index (χ1n) is 11.2. The molecule has 0 atom stereocenters. The summed E-state index contributed by atoms with van der Waals surface area (Å²) in [5.41, 5.74) is 2.55. The van der Waals surface area contributed by atoms with Gasteiger partial charge in [-0.05, 0) is 50.3 Å². The number of piperazine rings is 1. The fourth-order valence-corrected chi connectivity index (χ4v) is 4.44. The second kappa shape index (κ2) is 8.13. The molecule has 2 aromatic rings. The summed E-state index contributed by atoms with van der Waals surface area (Å²) in [4.78, 5) is 31.9. The largest absolute Gasteiger partial charge is 0.334 e. The Labute approximate surface area is 177 Å². The molecule has 1 aliphatic carbocycles. The van der Waals surface area contributed by atoms with Crippen molar-refractivity contribution in [2.75, 3.05) is 39.3 Å². The van der Waals surface area contributed by atoms with Crippen LogP contribution in [-0.4, -0.2) is 75.7 Å². The summed E-state index contributed by atoms with van der Waals surface area (Å²) in [5, 5.41) is 4.76. The predicted octanol–water partition coefficient (Wildman–Crippen LogP) is 3.11. The van der Waals surface area contributed by atoms with Crippen molar-refractivity contribution in [1.29, 1.82) is 0 Å². The molecular formula is C23H29N5O2. The van der Waals surface area contributed by atoms with Crippen LogP contribution >= 0.6 is 0 Å². The molecule has 5 rings (SSSR count). The van der Waals surface area contributed by atoms with Gasteiger partial charge in [-0.2, -0.15) is 5.10 Å². The van der Waals surface area contributed by atoms with E-state index in [-0.39, 0.29) is 11.9 Å². The van der Waals surface area contributed by atoms with E-state index in [1.807, 2.05) is 51.1 Å². The predicted molar refractivity (Wildman–Crippen MR) is 114 cm³/mol. The Balaban J connectivity index is 1.29. The van der Waals surface area contributed by atoms with Crippen molar-refractivity contribution >= 4 is 11.9 Å². The lowest BCUT2D eigenvalue weighted by Crippen LogP contribution is -2.54. The number of amides is 3. The smallest absolute Gasteiger partial charge is 0.320 e. The zero-order valence-corrected chi connectivity index (χ0v) is 17.4. The van der Waals surface area contributed by atoms with Gasteiger partial charge >= 0.3 is 6.03 Å². The van der Waals surface area contributed by atoms with Crippen molar-refractivity contribution in [2.45, 2.75) is 38.0 Å². The third-order valence-electron chi connectivity index (χ3n) is 6.41. The molecule has 1 aromatic carbocycles. The highest BCUT2D eigenvalue weighted by molar-refractivity contribution is 5.93. The number of hydrogen-bond acceptors (Lipinski definition) is 3. The van der Waals surface area contributed by atoms with Crippen molar-refractivity contribution in [1.82, 2.24) is 24.5 Å². The zero-order chi connectivity index (χ0) is 20.5. The van der Waals surface area contributed by atoms with Gasteiger partial charge in [-0.15, -0.1) is 0 Å². The Kier molecular flexibility index (Phi) is 5.19. The summed E-state index contributed by atoms with van der Waals surface area (Å²) >= 11 is 0. The Morgan fingerprint density at radius 3 is 2.10 bits per heavy atom. The lowest BCUT2D eigenvalue weighted by Gasteiger charge is -2.38. The molecule has 3 aliphatic rings. The van der Waals surface area contributed by atoms with Crippen LogP contribution in [0, 0.1) is 0 Å². The monoisotopic (exact) mass is 407 g/mol. The van der Waals surface area contributed by atoms with E-state index in [0.717, 1.165) is 50.2 Å². The third kappa shape index (κ3) is 3.80. The van der Waals surface area contributed by atoms with E-state index in [9.17, 15) is 9.59 Å². The van der Waals surface area contributed by atoms with E-state index < -0.39 is 0 Å². The first-order valence-corrected chi connectivity index (χ1v) is 11.2.